The van der Waals surface area contributed by atoms with E-state index in [-0.39, 0.29) is 13.2 Å². The van der Waals surface area contributed by atoms with Gasteiger partial charge in [0.2, 0.25) is 0 Å². The van der Waals surface area contributed by atoms with Gasteiger partial charge < -0.3 is 18.9 Å². The zero-order valence-corrected chi connectivity index (χ0v) is 17.7. The molecule has 1 heterocycles. The molecule has 0 fully saturated rings. The smallest absolute Gasteiger partial charge is 0.344 e. The van der Waals surface area contributed by atoms with Crippen LogP contribution in [-0.2, 0) is 16.1 Å². The molecule has 8 heteroatoms. The van der Waals surface area contributed by atoms with Gasteiger partial charge in [-0.15, -0.1) is 11.3 Å². The van der Waals surface area contributed by atoms with Crippen LogP contribution in [0.5, 0.6) is 17.2 Å². The predicted molar refractivity (Wildman–Crippen MR) is 110 cm³/mol. The highest BCUT2D eigenvalue weighted by Gasteiger charge is 2.15. The van der Waals surface area contributed by atoms with Crippen molar-refractivity contribution in [3.8, 4) is 27.8 Å². The molecule has 1 aromatic heterocycles. The Kier molecular flexibility index (Phi) is 6.89. The van der Waals surface area contributed by atoms with Crippen LogP contribution in [0.3, 0.4) is 0 Å². The van der Waals surface area contributed by atoms with Gasteiger partial charge >= 0.3 is 5.97 Å². The first kappa shape index (κ1) is 20.2. The standard InChI is InChI=1S/C20H18BrNO5S/c1-24-17-5-3-4-16(19(17)25-2)20-22-14(12-28-20)10-27-18(23)11-26-15-8-6-13(21)7-9-15/h3-9,12H,10-11H2,1-2H3. The molecule has 0 radical (unpaired) electrons. The molecule has 0 aliphatic heterocycles. The fraction of sp³-hybridized carbons (Fsp3) is 0.200. The van der Waals surface area contributed by atoms with E-state index in [0.29, 0.717) is 22.9 Å². The molecule has 2 aromatic carbocycles. The lowest BCUT2D eigenvalue weighted by atomic mass is 10.2. The molecule has 0 saturated carbocycles. The van der Waals surface area contributed by atoms with Crippen molar-refractivity contribution in [1.29, 1.82) is 0 Å². The number of carbonyl (C=O) groups is 1. The second kappa shape index (κ2) is 9.57. The number of hydrogen-bond acceptors (Lipinski definition) is 7. The highest BCUT2D eigenvalue weighted by Crippen LogP contribution is 2.39. The fourth-order valence-corrected chi connectivity index (χ4v) is 3.51. The molecule has 0 unspecified atom stereocenters. The van der Waals surface area contributed by atoms with Gasteiger partial charge in [0.15, 0.2) is 18.1 Å². The van der Waals surface area contributed by atoms with Crippen LogP contribution in [0.15, 0.2) is 52.3 Å². The van der Waals surface area contributed by atoms with Gasteiger partial charge in [-0.2, -0.15) is 0 Å². The van der Waals surface area contributed by atoms with E-state index < -0.39 is 5.97 Å². The summed E-state index contributed by atoms with van der Waals surface area (Å²) in [6.07, 6.45) is 0. The zero-order valence-electron chi connectivity index (χ0n) is 15.3. The normalized spacial score (nSPS) is 10.4. The summed E-state index contributed by atoms with van der Waals surface area (Å²) in [5.74, 6) is 1.39. The van der Waals surface area contributed by atoms with Gasteiger partial charge in [0.05, 0.1) is 25.5 Å². The van der Waals surface area contributed by atoms with Gasteiger partial charge in [-0.1, -0.05) is 22.0 Å². The summed E-state index contributed by atoms with van der Waals surface area (Å²) in [5, 5.41) is 2.60. The highest BCUT2D eigenvalue weighted by atomic mass is 79.9. The summed E-state index contributed by atoms with van der Waals surface area (Å²) in [6, 6.07) is 12.8. The Bertz CT molecular complexity index is 942. The first-order valence-corrected chi connectivity index (χ1v) is 9.97. The number of hydrogen-bond donors (Lipinski definition) is 0. The van der Waals surface area contributed by atoms with Gasteiger partial charge in [0.1, 0.15) is 17.4 Å². The summed E-state index contributed by atoms with van der Waals surface area (Å²) in [4.78, 5) is 16.4. The maximum atomic E-state index is 11.9. The average Bonchev–Trinajstić information content (AvgIpc) is 3.20. The maximum absolute atomic E-state index is 11.9. The summed E-state index contributed by atoms with van der Waals surface area (Å²) in [5.41, 5.74) is 1.48. The first-order chi connectivity index (χ1) is 13.6. The van der Waals surface area contributed by atoms with Crippen molar-refractivity contribution in [3.63, 3.8) is 0 Å². The number of thiazole rings is 1. The van der Waals surface area contributed by atoms with Crippen LogP contribution in [0.25, 0.3) is 10.6 Å². The number of rotatable bonds is 8. The van der Waals surface area contributed by atoms with E-state index in [9.17, 15) is 4.79 Å². The molecule has 0 aliphatic carbocycles. The van der Waals surface area contributed by atoms with Crippen molar-refractivity contribution >= 4 is 33.2 Å². The third-order valence-corrected chi connectivity index (χ3v) is 5.19. The van der Waals surface area contributed by atoms with E-state index in [1.54, 1.807) is 26.4 Å². The molecule has 0 spiro atoms. The number of benzene rings is 2. The molecule has 0 atom stereocenters. The van der Waals surface area contributed by atoms with Crippen LogP contribution in [0.1, 0.15) is 5.69 Å². The Hall–Kier alpha value is -2.58. The van der Waals surface area contributed by atoms with Gasteiger partial charge in [0.25, 0.3) is 0 Å². The second-order valence-corrected chi connectivity index (χ2v) is 7.36. The number of para-hydroxylation sites is 1. The Labute approximate surface area is 175 Å². The third-order valence-electron chi connectivity index (χ3n) is 3.74. The van der Waals surface area contributed by atoms with E-state index in [1.165, 1.54) is 11.3 Å². The van der Waals surface area contributed by atoms with Gasteiger partial charge in [-0.25, -0.2) is 9.78 Å². The highest BCUT2D eigenvalue weighted by molar-refractivity contribution is 9.10. The van der Waals surface area contributed by atoms with Crippen LogP contribution in [0.2, 0.25) is 0 Å². The molecule has 0 N–H and O–H groups in total. The first-order valence-electron chi connectivity index (χ1n) is 8.30. The van der Waals surface area contributed by atoms with Crippen molar-refractivity contribution in [2.45, 2.75) is 6.61 Å². The lowest BCUT2D eigenvalue weighted by Gasteiger charge is -2.10. The van der Waals surface area contributed by atoms with Crippen LogP contribution >= 0.6 is 27.3 Å². The largest absolute Gasteiger partial charge is 0.493 e. The van der Waals surface area contributed by atoms with Gasteiger partial charge in [-0.05, 0) is 36.4 Å². The van der Waals surface area contributed by atoms with Crippen molar-refractivity contribution < 1.29 is 23.7 Å². The lowest BCUT2D eigenvalue weighted by Crippen LogP contribution is -2.14. The Balaban J connectivity index is 1.58. The van der Waals surface area contributed by atoms with E-state index in [2.05, 4.69) is 20.9 Å². The molecule has 146 valence electrons. The maximum Gasteiger partial charge on any atom is 0.344 e. The van der Waals surface area contributed by atoms with Crippen LogP contribution in [0.4, 0.5) is 0 Å². The summed E-state index contributed by atoms with van der Waals surface area (Å²) < 4.78 is 22.3. The molecule has 0 aliphatic rings. The predicted octanol–water partition coefficient (Wildman–Crippen LogP) is 4.71. The summed E-state index contributed by atoms with van der Waals surface area (Å²) >= 11 is 4.78. The minimum absolute atomic E-state index is 0.0747. The molecule has 28 heavy (non-hydrogen) atoms. The number of methoxy groups -OCH3 is 2. The number of nitrogens with zero attached hydrogens (tertiary/aromatic N) is 1. The number of aromatic nitrogens is 1. The third kappa shape index (κ3) is 5.02. The van der Waals surface area contributed by atoms with E-state index in [4.69, 9.17) is 18.9 Å². The van der Waals surface area contributed by atoms with Gasteiger partial charge in [-0.3, -0.25) is 0 Å². The SMILES string of the molecule is COc1cccc(-c2nc(COC(=O)COc3ccc(Br)cc3)cs2)c1OC. The van der Waals surface area contributed by atoms with E-state index in [1.807, 2.05) is 35.7 Å². The fourth-order valence-electron chi connectivity index (χ4n) is 2.42. The number of carbonyl (C=O) groups excluding carboxylic acids is 1. The molecular formula is C20H18BrNO5S. The molecule has 0 amide bonds. The Morgan fingerprint density at radius 1 is 1.11 bits per heavy atom. The molecule has 0 bridgehead atoms. The second-order valence-electron chi connectivity index (χ2n) is 5.59. The monoisotopic (exact) mass is 463 g/mol. The quantitative estimate of drug-likeness (QED) is 0.450. The summed E-state index contributed by atoms with van der Waals surface area (Å²) in [6.45, 7) is -0.0896. The van der Waals surface area contributed by atoms with Crippen molar-refractivity contribution in [2.24, 2.45) is 0 Å². The number of ether oxygens (including phenoxy) is 4. The van der Waals surface area contributed by atoms with Crippen LogP contribution in [-0.4, -0.2) is 31.8 Å². The average molecular weight is 464 g/mol. The Morgan fingerprint density at radius 2 is 1.89 bits per heavy atom. The molecule has 6 nitrogen and oxygen atoms in total. The van der Waals surface area contributed by atoms with Crippen molar-refractivity contribution in [1.82, 2.24) is 4.98 Å². The number of esters is 1. The number of halogens is 1. The molecule has 3 rings (SSSR count). The van der Waals surface area contributed by atoms with Crippen LogP contribution < -0.4 is 14.2 Å². The van der Waals surface area contributed by atoms with Crippen molar-refractivity contribution in [3.05, 3.63) is 58.0 Å². The molecule has 3 aromatic rings. The van der Waals surface area contributed by atoms with Crippen LogP contribution in [0, 0.1) is 0 Å². The minimum atomic E-state index is -0.462. The Morgan fingerprint density at radius 3 is 2.61 bits per heavy atom. The van der Waals surface area contributed by atoms with E-state index >= 15 is 0 Å². The minimum Gasteiger partial charge on any atom is -0.493 e. The van der Waals surface area contributed by atoms with E-state index in [0.717, 1.165) is 15.0 Å². The summed E-state index contributed by atoms with van der Waals surface area (Å²) in [7, 11) is 3.17. The molecular weight excluding hydrogens is 446 g/mol. The van der Waals surface area contributed by atoms with Crippen molar-refractivity contribution in [2.75, 3.05) is 20.8 Å². The topological polar surface area (TPSA) is 66.9 Å². The lowest BCUT2D eigenvalue weighted by molar-refractivity contribution is -0.147. The zero-order chi connectivity index (χ0) is 19.9. The molecule has 0 saturated heterocycles. The van der Waals surface area contributed by atoms with Gasteiger partial charge in [0, 0.05) is 9.85 Å².